The van der Waals surface area contributed by atoms with Gasteiger partial charge >= 0.3 is 0 Å². The minimum atomic E-state index is 0.392. The van der Waals surface area contributed by atoms with Crippen LogP contribution in [0.4, 0.5) is 5.13 Å². The highest BCUT2D eigenvalue weighted by molar-refractivity contribution is 7.13. The first kappa shape index (κ1) is 8.56. The smallest absolute Gasteiger partial charge is 0.180 e. The molecule has 0 unspecified atom stereocenters. The van der Waals surface area contributed by atoms with E-state index in [-0.39, 0.29) is 0 Å². The maximum absolute atomic E-state index is 8.70. The number of hydrogen-bond donors (Lipinski definition) is 2. The van der Waals surface area contributed by atoms with Crippen molar-refractivity contribution in [1.82, 2.24) is 4.98 Å². The second-order valence-electron chi connectivity index (χ2n) is 2.24. The highest BCUT2D eigenvalue weighted by atomic mass is 32.1. The molecule has 1 aromatic rings. The topological polar surface area (TPSA) is 88.7 Å². The molecular weight excluding hydrogens is 172 g/mol. The van der Waals surface area contributed by atoms with Crippen LogP contribution in [-0.2, 0) is 0 Å². The van der Waals surface area contributed by atoms with Crippen LogP contribution in [-0.4, -0.2) is 4.98 Å². The molecule has 4 nitrogen and oxygen atoms in total. The molecule has 0 spiro atoms. The molecule has 0 amide bonds. The number of rotatable bonds is 1. The molecule has 1 aromatic heterocycles. The summed E-state index contributed by atoms with van der Waals surface area (Å²) in [5, 5.41) is 10.9. The highest BCUT2D eigenvalue weighted by Crippen LogP contribution is 2.19. The van der Waals surface area contributed by atoms with E-state index in [0.29, 0.717) is 22.1 Å². The maximum Gasteiger partial charge on any atom is 0.180 e. The van der Waals surface area contributed by atoms with Gasteiger partial charge in [-0.05, 0) is 6.92 Å². The van der Waals surface area contributed by atoms with Crippen molar-refractivity contribution < 1.29 is 0 Å². The molecule has 0 saturated heterocycles. The number of anilines is 1. The van der Waals surface area contributed by atoms with Gasteiger partial charge in [-0.3, -0.25) is 0 Å². The summed E-state index contributed by atoms with van der Waals surface area (Å²) in [6.07, 6.45) is 0. The van der Waals surface area contributed by atoms with Gasteiger partial charge in [-0.15, -0.1) is 11.3 Å². The molecule has 0 fully saturated rings. The highest BCUT2D eigenvalue weighted by Gasteiger charge is 2.06. The first-order valence-electron chi connectivity index (χ1n) is 3.23. The fourth-order valence-electron chi connectivity index (χ4n) is 0.750. The number of nitriles is 1. The van der Waals surface area contributed by atoms with Gasteiger partial charge in [0, 0.05) is 11.1 Å². The molecule has 4 N–H and O–H groups in total. The number of nitrogen functional groups attached to an aromatic ring is 1. The average Bonchev–Trinajstić information content (AvgIpc) is 2.37. The standard InChI is InChI=1S/C7H8N4S/c1-4(9)5(2-8)6-3-12-7(10)11-6/h3H,9H2,1H3,(H2,10,11)/b5-4-. The summed E-state index contributed by atoms with van der Waals surface area (Å²) >= 11 is 1.29. The molecule has 0 aliphatic rings. The van der Waals surface area contributed by atoms with E-state index in [1.165, 1.54) is 11.3 Å². The fourth-order valence-corrected chi connectivity index (χ4v) is 1.30. The summed E-state index contributed by atoms with van der Waals surface area (Å²) in [7, 11) is 0. The second-order valence-corrected chi connectivity index (χ2v) is 3.13. The minimum Gasteiger partial charge on any atom is -0.401 e. The molecule has 0 bridgehead atoms. The third kappa shape index (κ3) is 1.54. The van der Waals surface area contributed by atoms with Crippen LogP contribution in [0.3, 0.4) is 0 Å². The lowest BCUT2D eigenvalue weighted by Crippen LogP contribution is -1.96. The summed E-state index contributed by atoms with van der Waals surface area (Å²) in [5.74, 6) is 0. The Hall–Kier alpha value is -1.54. The van der Waals surface area contributed by atoms with Gasteiger partial charge in [-0.25, -0.2) is 4.98 Å². The Kier molecular flexibility index (Phi) is 2.31. The van der Waals surface area contributed by atoms with Gasteiger partial charge in [0.15, 0.2) is 5.13 Å². The zero-order chi connectivity index (χ0) is 9.14. The Morgan fingerprint density at radius 2 is 2.42 bits per heavy atom. The number of nitrogens with two attached hydrogens (primary N) is 2. The van der Waals surface area contributed by atoms with Crippen molar-refractivity contribution in [2.24, 2.45) is 5.73 Å². The number of hydrogen-bond acceptors (Lipinski definition) is 5. The van der Waals surface area contributed by atoms with Crippen molar-refractivity contribution in [3.63, 3.8) is 0 Å². The largest absolute Gasteiger partial charge is 0.401 e. The van der Waals surface area contributed by atoms with E-state index < -0.39 is 0 Å². The van der Waals surface area contributed by atoms with Crippen LogP contribution in [0.5, 0.6) is 0 Å². The Morgan fingerprint density at radius 3 is 2.75 bits per heavy atom. The summed E-state index contributed by atoms with van der Waals surface area (Å²) in [6.45, 7) is 1.66. The molecule has 1 rings (SSSR count). The monoisotopic (exact) mass is 180 g/mol. The van der Waals surface area contributed by atoms with E-state index in [1.54, 1.807) is 12.3 Å². The lowest BCUT2D eigenvalue weighted by atomic mass is 10.2. The Morgan fingerprint density at radius 1 is 1.75 bits per heavy atom. The molecule has 1 heterocycles. The van der Waals surface area contributed by atoms with Crippen LogP contribution in [0, 0.1) is 11.3 Å². The molecule has 12 heavy (non-hydrogen) atoms. The predicted octanol–water partition coefficient (Wildman–Crippen LogP) is 0.939. The fraction of sp³-hybridized carbons (Fsp3) is 0.143. The van der Waals surface area contributed by atoms with E-state index in [2.05, 4.69) is 4.98 Å². The van der Waals surface area contributed by atoms with Crippen molar-refractivity contribution in [1.29, 1.82) is 5.26 Å². The van der Waals surface area contributed by atoms with Crippen LogP contribution >= 0.6 is 11.3 Å². The second kappa shape index (κ2) is 3.24. The summed E-state index contributed by atoms with van der Waals surface area (Å²) in [5.41, 5.74) is 12.3. The molecular formula is C7H8N4S. The lowest BCUT2D eigenvalue weighted by Gasteiger charge is -1.94. The number of aromatic nitrogens is 1. The first-order valence-corrected chi connectivity index (χ1v) is 4.11. The van der Waals surface area contributed by atoms with Gasteiger partial charge in [0.25, 0.3) is 0 Å². The first-order chi connectivity index (χ1) is 5.65. The predicted molar refractivity (Wildman–Crippen MR) is 48.9 cm³/mol. The number of thiazole rings is 1. The van der Waals surface area contributed by atoms with Crippen LogP contribution in [0.15, 0.2) is 11.1 Å². The average molecular weight is 180 g/mol. The Balaban J connectivity index is 3.15. The van der Waals surface area contributed by atoms with Gasteiger partial charge in [0.1, 0.15) is 6.07 Å². The minimum absolute atomic E-state index is 0.392. The summed E-state index contributed by atoms with van der Waals surface area (Å²) in [4.78, 5) is 3.94. The van der Waals surface area contributed by atoms with Gasteiger partial charge in [-0.1, -0.05) is 0 Å². The molecule has 0 radical (unpaired) electrons. The van der Waals surface area contributed by atoms with Crippen LogP contribution < -0.4 is 11.5 Å². The summed E-state index contributed by atoms with van der Waals surface area (Å²) < 4.78 is 0. The zero-order valence-electron chi connectivity index (χ0n) is 6.53. The zero-order valence-corrected chi connectivity index (χ0v) is 7.35. The molecule has 0 saturated carbocycles. The molecule has 62 valence electrons. The van der Waals surface area contributed by atoms with E-state index >= 15 is 0 Å². The molecule has 0 aliphatic heterocycles. The van der Waals surface area contributed by atoms with E-state index in [9.17, 15) is 0 Å². The Labute approximate surface area is 74.1 Å². The molecule has 0 atom stereocenters. The van der Waals surface area contributed by atoms with Gasteiger partial charge in [0.05, 0.1) is 11.3 Å². The lowest BCUT2D eigenvalue weighted by molar-refractivity contribution is 1.28. The summed E-state index contributed by atoms with van der Waals surface area (Å²) in [6, 6.07) is 1.97. The van der Waals surface area contributed by atoms with Gasteiger partial charge in [0.2, 0.25) is 0 Å². The van der Waals surface area contributed by atoms with E-state index in [1.807, 2.05) is 6.07 Å². The maximum atomic E-state index is 8.70. The number of allylic oxidation sites excluding steroid dienone is 2. The van der Waals surface area contributed by atoms with E-state index in [4.69, 9.17) is 16.7 Å². The van der Waals surface area contributed by atoms with Crippen molar-refractivity contribution >= 4 is 22.0 Å². The van der Waals surface area contributed by atoms with E-state index in [0.717, 1.165) is 0 Å². The van der Waals surface area contributed by atoms with Crippen molar-refractivity contribution in [3.8, 4) is 6.07 Å². The SMILES string of the molecule is C/C(N)=C(\C#N)c1csc(N)n1. The third-order valence-corrected chi connectivity index (χ3v) is 1.96. The van der Waals surface area contributed by atoms with Crippen LogP contribution in [0.2, 0.25) is 0 Å². The van der Waals surface area contributed by atoms with Crippen molar-refractivity contribution in [2.45, 2.75) is 6.92 Å². The van der Waals surface area contributed by atoms with Crippen LogP contribution in [0.25, 0.3) is 5.57 Å². The molecule has 5 heteroatoms. The van der Waals surface area contributed by atoms with Crippen molar-refractivity contribution in [2.75, 3.05) is 5.73 Å². The quantitative estimate of drug-likeness (QED) is 0.629. The van der Waals surface area contributed by atoms with Crippen LogP contribution in [0.1, 0.15) is 12.6 Å². The molecule has 0 aliphatic carbocycles. The third-order valence-electron chi connectivity index (χ3n) is 1.28. The normalized spacial score (nSPS) is 12.0. The molecule has 0 aromatic carbocycles. The van der Waals surface area contributed by atoms with Gasteiger partial charge < -0.3 is 11.5 Å². The van der Waals surface area contributed by atoms with Gasteiger partial charge in [-0.2, -0.15) is 5.26 Å². The number of nitrogens with zero attached hydrogens (tertiary/aromatic N) is 2. The Bertz CT molecular complexity index is 354. The van der Waals surface area contributed by atoms with Crippen molar-refractivity contribution in [3.05, 3.63) is 16.8 Å².